The molecule has 1 aliphatic heterocycles. The molecule has 2 aliphatic rings. The number of carboxylic acids is 1. The number of alkyl halides is 2. The number of piperidine rings is 1. The number of rotatable bonds is 2. The molecular weight excluding hydrogens is 244 g/mol. The summed E-state index contributed by atoms with van der Waals surface area (Å²) in [7, 11) is 0. The molecule has 1 amide bonds. The zero-order chi connectivity index (χ0) is 13.8. The lowest BCUT2D eigenvalue weighted by molar-refractivity contribution is -0.155. The van der Waals surface area contributed by atoms with Crippen LogP contribution in [0.2, 0.25) is 0 Å². The molecule has 2 rings (SSSR count). The van der Waals surface area contributed by atoms with Gasteiger partial charge in [-0.25, -0.2) is 8.78 Å². The first-order chi connectivity index (χ1) is 8.12. The van der Waals surface area contributed by atoms with Crippen molar-refractivity contribution in [3.05, 3.63) is 0 Å². The summed E-state index contributed by atoms with van der Waals surface area (Å²) >= 11 is 0. The van der Waals surface area contributed by atoms with Crippen LogP contribution in [0.25, 0.3) is 0 Å². The van der Waals surface area contributed by atoms with E-state index < -0.39 is 35.0 Å². The van der Waals surface area contributed by atoms with Gasteiger partial charge in [-0.3, -0.25) is 9.59 Å². The van der Waals surface area contributed by atoms with Crippen molar-refractivity contribution in [2.75, 3.05) is 13.1 Å². The van der Waals surface area contributed by atoms with Crippen molar-refractivity contribution in [1.29, 1.82) is 0 Å². The van der Waals surface area contributed by atoms with Crippen LogP contribution in [0.15, 0.2) is 0 Å². The Morgan fingerprint density at radius 1 is 1.28 bits per heavy atom. The molecule has 0 aromatic rings. The van der Waals surface area contributed by atoms with E-state index in [1.807, 2.05) is 0 Å². The molecule has 4 nitrogen and oxygen atoms in total. The van der Waals surface area contributed by atoms with Gasteiger partial charge >= 0.3 is 5.97 Å². The first-order valence-corrected chi connectivity index (χ1v) is 6.03. The maximum atomic E-state index is 13.2. The first kappa shape index (κ1) is 13.2. The lowest BCUT2D eigenvalue weighted by Gasteiger charge is -2.38. The Kier molecular flexibility index (Phi) is 2.68. The second kappa shape index (κ2) is 3.65. The topological polar surface area (TPSA) is 57.6 Å². The Hall–Kier alpha value is -1.20. The molecule has 0 bridgehead atoms. The van der Waals surface area contributed by atoms with Gasteiger partial charge in [-0.05, 0) is 26.7 Å². The van der Waals surface area contributed by atoms with Crippen LogP contribution in [0.5, 0.6) is 0 Å². The van der Waals surface area contributed by atoms with Crippen molar-refractivity contribution in [2.24, 2.45) is 10.8 Å². The van der Waals surface area contributed by atoms with E-state index >= 15 is 0 Å². The lowest BCUT2D eigenvalue weighted by atomic mass is 9.81. The van der Waals surface area contributed by atoms with Crippen molar-refractivity contribution in [3.63, 3.8) is 0 Å². The Morgan fingerprint density at radius 3 is 2.28 bits per heavy atom. The van der Waals surface area contributed by atoms with Gasteiger partial charge in [0.2, 0.25) is 5.91 Å². The number of amides is 1. The molecule has 6 heteroatoms. The average Bonchev–Trinajstić information content (AvgIpc) is 2.78. The van der Waals surface area contributed by atoms with Crippen molar-refractivity contribution in [3.8, 4) is 0 Å². The molecule has 2 unspecified atom stereocenters. The fraction of sp³-hybridized carbons (Fsp3) is 0.833. The van der Waals surface area contributed by atoms with Gasteiger partial charge in [0.1, 0.15) is 5.41 Å². The fourth-order valence-corrected chi connectivity index (χ4v) is 2.57. The number of carboxylic acid groups (broad SMARTS) is 1. The van der Waals surface area contributed by atoms with E-state index in [0.717, 1.165) is 0 Å². The zero-order valence-corrected chi connectivity index (χ0v) is 10.5. The maximum Gasteiger partial charge on any atom is 0.311 e. The Bertz CT molecular complexity index is 412. The van der Waals surface area contributed by atoms with Gasteiger partial charge in [0, 0.05) is 19.5 Å². The number of nitrogens with zero attached hydrogens (tertiary/aromatic N) is 1. The summed E-state index contributed by atoms with van der Waals surface area (Å²) in [6.07, 6.45) is 0.578. The molecule has 0 aromatic heterocycles. The van der Waals surface area contributed by atoms with Crippen LogP contribution in [-0.4, -0.2) is 40.9 Å². The molecular formula is C12H17F2NO3. The summed E-state index contributed by atoms with van der Waals surface area (Å²) in [5.41, 5.74) is -2.64. The average molecular weight is 261 g/mol. The fourth-order valence-electron chi connectivity index (χ4n) is 2.57. The van der Waals surface area contributed by atoms with E-state index in [2.05, 4.69) is 0 Å². The number of likely N-dealkylation sites (tertiary alicyclic amines) is 1. The summed E-state index contributed by atoms with van der Waals surface area (Å²) < 4.78 is 26.3. The van der Waals surface area contributed by atoms with Crippen LogP contribution < -0.4 is 0 Å². The molecule has 1 saturated heterocycles. The predicted molar refractivity (Wildman–Crippen MR) is 59.2 cm³/mol. The molecule has 1 heterocycles. The summed E-state index contributed by atoms with van der Waals surface area (Å²) in [6.45, 7) is 3.20. The maximum absolute atomic E-state index is 13.2. The second-order valence-electron chi connectivity index (χ2n) is 5.91. The molecule has 2 fully saturated rings. The third kappa shape index (κ3) is 1.78. The van der Waals surface area contributed by atoms with Gasteiger partial charge < -0.3 is 10.0 Å². The van der Waals surface area contributed by atoms with E-state index in [0.29, 0.717) is 19.4 Å². The third-order valence-corrected chi connectivity index (χ3v) is 4.23. The molecule has 2 atom stereocenters. The molecule has 1 aliphatic carbocycles. The Morgan fingerprint density at radius 2 is 1.83 bits per heavy atom. The first-order valence-electron chi connectivity index (χ1n) is 6.03. The van der Waals surface area contributed by atoms with E-state index in [1.165, 1.54) is 11.8 Å². The van der Waals surface area contributed by atoms with Crippen LogP contribution in [0.4, 0.5) is 8.78 Å². The van der Waals surface area contributed by atoms with Crippen molar-refractivity contribution in [2.45, 2.75) is 39.0 Å². The molecule has 0 spiro atoms. The van der Waals surface area contributed by atoms with E-state index in [-0.39, 0.29) is 6.54 Å². The summed E-state index contributed by atoms with van der Waals surface area (Å²) in [4.78, 5) is 24.5. The highest BCUT2D eigenvalue weighted by atomic mass is 19.3. The number of hydrogen-bond donors (Lipinski definition) is 1. The van der Waals surface area contributed by atoms with Gasteiger partial charge in [-0.2, -0.15) is 0 Å². The monoisotopic (exact) mass is 261 g/mol. The van der Waals surface area contributed by atoms with Gasteiger partial charge in [0.05, 0.1) is 5.41 Å². The standard InChI is InChI=1S/C12H17F2NO3/c1-10(9(17)18)4-3-5-15(7-10)8(16)11(2)6-12(11,13)14/h3-7H2,1-2H3,(H,17,18). The summed E-state index contributed by atoms with van der Waals surface area (Å²) in [5.74, 6) is -4.53. The predicted octanol–water partition coefficient (Wildman–Crippen LogP) is 1.74. The third-order valence-electron chi connectivity index (χ3n) is 4.23. The minimum atomic E-state index is -2.94. The second-order valence-corrected chi connectivity index (χ2v) is 5.91. The van der Waals surface area contributed by atoms with E-state index in [9.17, 15) is 18.4 Å². The van der Waals surface area contributed by atoms with Gasteiger partial charge in [0.25, 0.3) is 5.92 Å². The summed E-state index contributed by atoms with van der Waals surface area (Å²) in [6, 6.07) is 0. The van der Waals surface area contributed by atoms with Crippen LogP contribution >= 0.6 is 0 Å². The number of carbonyl (C=O) groups is 2. The minimum Gasteiger partial charge on any atom is -0.481 e. The summed E-state index contributed by atoms with van der Waals surface area (Å²) in [5, 5.41) is 9.13. The normalized spacial score (nSPS) is 38.3. The smallest absolute Gasteiger partial charge is 0.311 e. The number of hydrogen-bond acceptors (Lipinski definition) is 2. The van der Waals surface area contributed by atoms with E-state index in [4.69, 9.17) is 5.11 Å². The SMILES string of the molecule is CC1(C(=O)O)CCCN(C(=O)C2(C)CC2(F)F)C1. The molecule has 18 heavy (non-hydrogen) atoms. The Labute approximate surface area is 104 Å². The quantitative estimate of drug-likeness (QED) is 0.823. The van der Waals surface area contributed by atoms with Crippen LogP contribution in [-0.2, 0) is 9.59 Å². The molecule has 102 valence electrons. The van der Waals surface area contributed by atoms with E-state index in [1.54, 1.807) is 6.92 Å². The highest BCUT2D eigenvalue weighted by Gasteiger charge is 2.73. The number of halogens is 2. The zero-order valence-electron chi connectivity index (χ0n) is 10.5. The number of aliphatic carboxylic acids is 1. The van der Waals surface area contributed by atoms with Crippen LogP contribution in [0.1, 0.15) is 33.1 Å². The van der Waals surface area contributed by atoms with Crippen LogP contribution in [0, 0.1) is 10.8 Å². The van der Waals surface area contributed by atoms with Crippen molar-refractivity contribution >= 4 is 11.9 Å². The molecule has 0 radical (unpaired) electrons. The molecule has 1 N–H and O–H groups in total. The Balaban J connectivity index is 2.11. The van der Waals surface area contributed by atoms with Gasteiger partial charge in [0.15, 0.2) is 0 Å². The highest BCUT2D eigenvalue weighted by molar-refractivity contribution is 5.88. The minimum absolute atomic E-state index is 0.0207. The van der Waals surface area contributed by atoms with Gasteiger partial charge in [-0.1, -0.05) is 0 Å². The highest BCUT2D eigenvalue weighted by Crippen LogP contribution is 2.61. The van der Waals surface area contributed by atoms with Gasteiger partial charge in [-0.15, -0.1) is 0 Å². The number of carbonyl (C=O) groups excluding carboxylic acids is 1. The van der Waals surface area contributed by atoms with Crippen molar-refractivity contribution < 1.29 is 23.5 Å². The van der Waals surface area contributed by atoms with Crippen LogP contribution in [0.3, 0.4) is 0 Å². The van der Waals surface area contributed by atoms with Crippen molar-refractivity contribution in [1.82, 2.24) is 4.90 Å². The lowest BCUT2D eigenvalue weighted by Crippen LogP contribution is -2.50. The largest absolute Gasteiger partial charge is 0.481 e. The molecule has 1 saturated carbocycles. The molecule has 0 aromatic carbocycles.